The molecule has 0 aliphatic rings. The van der Waals surface area contributed by atoms with Gasteiger partial charge in [-0.05, 0) is 19.1 Å². The Bertz CT molecular complexity index is 593. The van der Waals surface area contributed by atoms with Crippen LogP contribution in [0.2, 0.25) is 0 Å². The van der Waals surface area contributed by atoms with Gasteiger partial charge in [-0.2, -0.15) is 0 Å². The molecule has 0 spiro atoms. The van der Waals surface area contributed by atoms with Crippen molar-refractivity contribution >= 4 is 11.8 Å². The minimum absolute atomic E-state index is 0.132. The zero-order chi connectivity index (χ0) is 13.8. The molecule has 0 aromatic carbocycles. The van der Waals surface area contributed by atoms with Gasteiger partial charge in [-0.15, -0.1) is 0 Å². The molecular formula is C13H15N3O3. The van der Waals surface area contributed by atoms with Gasteiger partial charge >= 0.3 is 5.97 Å². The number of carboxylic acids is 1. The molecule has 0 unspecified atom stereocenters. The molecule has 2 aromatic rings. The summed E-state index contributed by atoms with van der Waals surface area (Å²) in [4.78, 5) is 19.3. The van der Waals surface area contributed by atoms with Crippen LogP contribution in [-0.2, 0) is 13.0 Å². The maximum absolute atomic E-state index is 11.1. The first-order valence-corrected chi connectivity index (χ1v) is 5.98. The third-order valence-electron chi connectivity index (χ3n) is 2.62. The highest BCUT2D eigenvalue weighted by molar-refractivity contribution is 5.93. The topological polar surface area (TPSA) is 88.2 Å². The summed E-state index contributed by atoms with van der Waals surface area (Å²) in [5.41, 5.74) is 0.877. The monoisotopic (exact) mass is 261 g/mol. The molecule has 0 bridgehead atoms. The van der Waals surface area contributed by atoms with Gasteiger partial charge in [0.1, 0.15) is 17.1 Å². The summed E-state index contributed by atoms with van der Waals surface area (Å²) in [5.74, 6) is 0.615. The Morgan fingerprint density at radius 3 is 2.89 bits per heavy atom. The Labute approximate surface area is 110 Å². The molecule has 19 heavy (non-hydrogen) atoms. The van der Waals surface area contributed by atoms with Crippen molar-refractivity contribution in [3.05, 3.63) is 41.2 Å². The first kappa shape index (κ1) is 13.1. The predicted octanol–water partition coefficient (Wildman–Crippen LogP) is 2.25. The number of rotatable bonds is 5. The number of aromatic carboxylic acids is 1. The third kappa shape index (κ3) is 3.09. The summed E-state index contributed by atoms with van der Waals surface area (Å²) in [6, 6.07) is 3.19. The van der Waals surface area contributed by atoms with Gasteiger partial charge in [0.25, 0.3) is 0 Å². The molecule has 0 aliphatic carbocycles. The lowest BCUT2D eigenvalue weighted by atomic mass is 10.2. The number of aryl methyl sites for hydroxylation is 2. The minimum atomic E-state index is -1.02. The van der Waals surface area contributed by atoms with Crippen LogP contribution in [0, 0.1) is 6.92 Å². The van der Waals surface area contributed by atoms with Gasteiger partial charge < -0.3 is 14.8 Å². The predicted molar refractivity (Wildman–Crippen MR) is 69.1 cm³/mol. The van der Waals surface area contributed by atoms with Gasteiger partial charge in [0.2, 0.25) is 5.89 Å². The fourth-order valence-corrected chi connectivity index (χ4v) is 1.62. The molecule has 2 rings (SSSR count). The van der Waals surface area contributed by atoms with Crippen LogP contribution in [0.1, 0.15) is 34.6 Å². The van der Waals surface area contributed by atoms with Crippen LogP contribution in [0.3, 0.4) is 0 Å². The van der Waals surface area contributed by atoms with Gasteiger partial charge in [-0.25, -0.2) is 14.8 Å². The van der Waals surface area contributed by atoms with Gasteiger partial charge in [0, 0.05) is 12.1 Å². The second-order valence-electron chi connectivity index (χ2n) is 4.08. The highest BCUT2D eigenvalue weighted by atomic mass is 16.4. The second-order valence-corrected chi connectivity index (χ2v) is 4.08. The number of aromatic nitrogens is 2. The van der Waals surface area contributed by atoms with Gasteiger partial charge in [-0.3, -0.25) is 0 Å². The molecule has 0 radical (unpaired) electrons. The van der Waals surface area contributed by atoms with E-state index in [1.807, 2.05) is 6.92 Å². The van der Waals surface area contributed by atoms with E-state index in [0.717, 1.165) is 17.9 Å². The summed E-state index contributed by atoms with van der Waals surface area (Å²) < 4.78 is 5.44. The number of pyridine rings is 1. The molecule has 0 aliphatic heterocycles. The Morgan fingerprint density at radius 2 is 2.26 bits per heavy atom. The fourth-order valence-electron chi connectivity index (χ4n) is 1.62. The zero-order valence-corrected chi connectivity index (χ0v) is 10.8. The Balaban J connectivity index is 2.14. The summed E-state index contributed by atoms with van der Waals surface area (Å²) in [5, 5.41) is 12.0. The van der Waals surface area contributed by atoms with Crippen molar-refractivity contribution in [1.82, 2.24) is 9.97 Å². The fraction of sp³-hybridized carbons (Fsp3) is 0.308. The number of nitrogens with zero attached hydrogens (tertiary/aromatic N) is 2. The summed E-state index contributed by atoms with van der Waals surface area (Å²) in [6.45, 7) is 4.08. The van der Waals surface area contributed by atoms with Crippen molar-refractivity contribution in [1.29, 1.82) is 0 Å². The van der Waals surface area contributed by atoms with Crippen LogP contribution in [0.4, 0.5) is 5.82 Å². The molecule has 0 atom stereocenters. The van der Waals surface area contributed by atoms with Crippen molar-refractivity contribution < 1.29 is 14.3 Å². The molecule has 6 heteroatoms. The van der Waals surface area contributed by atoms with Crippen LogP contribution in [0.5, 0.6) is 0 Å². The number of oxazole rings is 1. The molecule has 2 heterocycles. The van der Waals surface area contributed by atoms with Gasteiger partial charge in [0.05, 0.1) is 12.7 Å². The quantitative estimate of drug-likeness (QED) is 0.858. The lowest BCUT2D eigenvalue weighted by molar-refractivity contribution is 0.0697. The van der Waals surface area contributed by atoms with E-state index in [4.69, 9.17) is 9.52 Å². The molecule has 0 fully saturated rings. The van der Waals surface area contributed by atoms with Crippen LogP contribution in [0.15, 0.2) is 22.7 Å². The minimum Gasteiger partial charge on any atom is -0.478 e. The standard InChI is InChI=1S/C13H15N3O3/c1-3-9-6-14-11(19-9)7-15-12-10(13(17)18)5-4-8(2)16-12/h4-6H,3,7H2,1-2H3,(H,15,16)(H,17,18). The number of hydrogen-bond donors (Lipinski definition) is 2. The van der Waals surface area contributed by atoms with E-state index in [2.05, 4.69) is 15.3 Å². The number of hydrogen-bond acceptors (Lipinski definition) is 5. The molecule has 6 nitrogen and oxygen atoms in total. The summed E-state index contributed by atoms with van der Waals surface area (Å²) >= 11 is 0. The number of nitrogens with one attached hydrogen (secondary N) is 1. The molecular weight excluding hydrogens is 246 g/mol. The lowest BCUT2D eigenvalue weighted by Gasteiger charge is -2.07. The molecule has 0 saturated heterocycles. The highest BCUT2D eigenvalue weighted by Gasteiger charge is 2.12. The van der Waals surface area contributed by atoms with Crippen LogP contribution >= 0.6 is 0 Å². The summed E-state index contributed by atoms with van der Waals surface area (Å²) in [7, 11) is 0. The van der Waals surface area contributed by atoms with Crippen molar-refractivity contribution in [2.75, 3.05) is 5.32 Å². The maximum Gasteiger partial charge on any atom is 0.339 e. The van der Waals surface area contributed by atoms with Crippen molar-refractivity contribution in [2.24, 2.45) is 0 Å². The molecule has 100 valence electrons. The van der Waals surface area contributed by atoms with E-state index in [1.165, 1.54) is 6.07 Å². The second kappa shape index (κ2) is 5.51. The largest absolute Gasteiger partial charge is 0.478 e. The maximum atomic E-state index is 11.1. The Morgan fingerprint density at radius 1 is 1.47 bits per heavy atom. The van der Waals surface area contributed by atoms with Crippen LogP contribution in [-0.4, -0.2) is 21.0 Å². The summed E-state index contributed by atoms with van der Waals surface area (Å²) in [6.07, 6.45) is 2.44. The third-order valence-corrected chi connectivity index (χ3v) is 2.62. The van der Waals surface area contributed by atoms with E-state index in [-0.39, 0.29) is 5.56 Å². The van der Waals surface area contributed by atoms with E-state index in [9.17, 15) is 4.79 Å². The Hall–Kier alpha value is -2.37. The number of carboxylic acid groups (broad SMARTS) is 1. The molecule has 2 aromatic heterocycles. The lowest BCUT2D eigenvalue weighted by Crippen LogP contribution is -2.09. The van der Waals surface area contributed by atoms with Crippen molar-refractivity contribution in [2.45, 2.75) is 26.8 Å². The molecule has 0 amide bonds. The normalized spacial score (nSPS) is 10.4. The number of anilines is 1. The van der Waals surface area contributed by atoms with Crippen molar-refractivity contribution in [3.8, 4) is 0 Å². The van der Waals surface area contributed by atoms with Gasteiger partial charge in [-0.1, -0.05) is 6.92 Å². The van der Waals surface area contributed by atoms with Crippen LogP contribution < -0.4 is 5.32 Å². The Kier molecular flexibility index (Phi) is 3.79. The molecule has 2 N–H and O–H groups in total. The zero-order valence-electron chi connectivity index (χ0n) is 10.8. The molecule has 0 saturated carbocycles. The van der Waals surface area contributed by atoms with Gasteiger partial charge in [0.15, 0.2) is 0 Å². The first-order valence-electron chi connectivity index (χ1n) is 5.98. The SMILES string of the molecule is CCc1cnc(CNc2nc(C)ccc2C(=O)O)o1. The van der Waals surface area contributed by atoms with E-state index >= 15 is 0 Å². The smallest absolute Gasteiger partial charge is 0.339 e. The average Bonchev–Trinajstić information content (AvgIpc) is 2.84. The van der Waals surface area contributed by atoms with E-state index in [1.54, 1.807) is 19.2 Å². The first-order chi connectivity index (χ1) is 9.10. The highest BCUT2D eigenvalue weighted by Crippen LogP contribution is 2.15. The average molecular weight is 261 g/mol. The number of carbonyl (C=O) groups is 1. The van der Waals surface area contributed by atoms with Crippen molar-refractivity contribution in [3.63, 3.8) is 0 Å². The van der Waals surface area contributed by atoms with E-state index in [0.29, 0.717) is 18.3 Å². The van der Waals surface area contributed by atoms with E-state index < -0.39 is 5.97 Å². The van der Waals surface area contributed by atoms with Crippen LogP contribution in [0.25, 0.3) is 0 Å².